The van der Waals surface area contributed by atoms with E-state index in [4.69, 9.17) is 21.6 Å². The van der Waals surface area contributed by atoms with Gasteiger partial charge in [-0.1, -0.05) is 11.6 Å². The number of nitrogens with one attached hydrogen (secondary N) is 1. The molecule has 3 heterocycles. The van der Waals surface area contributed by atoms with E-state index in [0.717, 1.165) is 46.0 Å². The van der Waals surface area contributed by atoms with E-state index < -0.39 is 9.84 Å². The molecule has 3 aromatic rings. The largest absolute Gasteiger partial charge is 0.362 e. The molecule has 1 atom stereocenters. The van der Waals surface area contributed by atoms with Gasteiger partial charge in [0.25, 0.3) is 0 Å². The number of thioether (sulfide) groups is 1. The fraction of sp³-hybridized carbons (Fsp3) is 0.300. The molecule has 5 rings (SSSR count). The summed E-state index contributed by atoms with van der Waals surface area (Å²) in [5.41, 5.74) is 1.33. The van der Waals surface area contributed by atoms with Crippen molar-refractivity contribution in [3.8, 4) is 0 Å². The molecular formula is C20H18ClN3O2S3. The molecule has 0 fully saturated rings. The van der Waals surface area contributed by atoms with Crippen LogP contribution in [0.25, 0.3) is 10.2 Å². The number of thiophene rings is 1. The van der Waals surface area contributed by atoms with Gasteiger partial charge >= 0.3 is 0 Å². The molecule has 29 heavy (non-hydrogen) atoms. The Bertz CT molecular complexity index is 1220. The van der Waals surface area contributed by atoms with E-state index in [1.54, 1.807) is 29.2 Å². The third-order valence-electron chi connectivity index (χ3n) is 5.04. The number of anilines is 1. The zero-order chi connectivity index (χ0) is 20.0. The van der Waals surface area contributed by atoms with E-state index in [1.807, 2.05) is 24.3 Å². The zero-order valence-electron chi connectivity index (χ0n) is 15.4. The van der Waals surface area contributed by atoms with Crippen LogP contribution in [0.2, 0.25) is 5.02 Å². The number of hydrogen-bond acceptors (Lipinski definition) is 7. The van der Waals surface area contributed by atoms with Gasteiger partial charge in [-0.15, -0.1) is 23.1 Å². The minimum absolute atomic E-state index is 0.0691. The van der Waals surface area contributed by atoms with Gasteiger partial charge in [-0.3, -0.25) is 0 Å². The van der Waals surface area contributed by atoms with E-state index in [0.29, 0.717) is 10.8 Å². The van der Waals surface area contributed by atoms with E-state index in [1.165, 1.54) is 15.8 Å². The second-order valence-electron chi connectivity index (χ2n) is 7.18. The minimum atomic E-state index is -3.13. The predicted octanol–water partition coefficient (Wildman–Crippen LogP) is 4.85. The van der Waals surface area contributed by atoms with Crippen LogP contribution >= 0.6 is 34.7 Å². The van der Waals surface area contributed by atoms with Crippen molar-refractivity contribution >= 4 is 60.6 Å². The van der Waals surface area contributed by atoms with Crippen LogP contribution in [0.4, 0.5) is 5.82 Å². The molecule has 1 aliphatic heterocycles. The van der Waals surface area contributed by atoms with Crippen LogP contribution in [0.5, 0.6) is 0 Å². The number of hydrogen-bond donors (Lipinski definition) is 1. The first kappa shape index (κ1) is 19.4. The van der Waals surface area contributed by atoms with Gasteiger partial charge in [-0.2, -0.15) is 0 Å². The second kappa shape index (κ2) is 7.58. The number of fused-ring (bicyclic) bond motifs is 3. The maximum atomic E-state index is 11.8. The maximum absolute atomic E-state index is 11.8. The van der Waals surface area contributed by atoms with Crippen LogP contribution in [-0.4, -0.2) is 30.2 Å². The molecule has 2 aliphatic rings. The summed E-state index contributed by atoms with van der Waals surface area (Å²) in [6.45, 7) is 0. The van der Waals surface area contributed by atoms with Gasteiger partial charge in [0.2, 0.25) is 0 Å². The van der Waals surface area contributed by atoms with Gasteiger partial charge in [-0.25, -0.2) is 18.4 Å². The number of nitrogens with zero attached hydrogens (tertiary/aromatic N) is 2. The Labute approximate surface area is 182 Å². The third-order valence-corrected chi connectivity index (χ3v) is 8.89. The predicted molar refractivity (Wildman–Crippen MR) is 121 cm³/mol. The normalized spacial score (nSPS) is 19.7. The van der Waals surface area contributed by atoms with Crippen molar-refractivity contribution in [1.82, 2.24) is 9.97 Å². The van der Waals surface area contributed by atoms with E-state index >= 15 is 0 Å². The highest BCUT2D eigenvalue weighted by molar-refractivity contribution is 7.98. The average molecular weight is 464 g/mol. The Morgan fingerprint density at radius 2 is 2.03 bits per heavy atom. The second-order valence-corrected chi connectivity index (χ2v) is 11.7. The van der Waals surface area contributed by atoms with E-state index in [2.05, 4.69) is 5.32 Å². The molecule has 150 valence electrons. The smallest absolute Gasteiger partial charge is 0.173 e. The Morgan fingerprint density at radius 3 is 2.79 bits per heavy atom. The monoisotopic (exact) mass is 463 g/mol. The van der Waals surface area contributed by atoms with Crippen molar-refractivity contribution in [3.05, 3.63) is 57.0 Å². The molecule has 0 radical (unpaired) electrons. The molecule has 1 N–H and O–H groups in total. The molecule has 9 heteroatoms. The summed E-state index contributed by atoms with van der Waals surface area (Å²) < 4.78 is 23.6. The highest BCUT2D eigenvalue weighted by Gasteiger charge is 2.26. The number of rotatable bonds is 5. The first-order valence-electron chi connectivity index (χ1n) is 9.34. The Morgan fingerprint density at radius 1 is 1.21 bits per heavy atom. The summed E-state index contributed by atoms with van der Waals surface area (Å²) in [4.78, 5) is 13.1. The van der Waals surface area contributed by atoms with Crippen molar-refractivity contribution in [2.75, 3.05) is 11.1 Å². The van der Waals surface area contributed by atoms with Crippen LogP contribution in [0.15, 0.2) is 40.6 Å². The van der Waals surface area contributed by atoms with Crippen LogP contribution in [0.3, 0.4) is 0 Å². The fourth-order valence-corrected chi connectivity index (χ4v) is 7.12. The number of aryl methyl sites for hydroxylation is 2. The molecule has 2 aromatic heterocycles. The fourth-order valence-electron chi connectivity index (χ4n) is 3.73. The summed E-state index contributed by atoms with van der Waals surface area (Å²) in [5.74, 6) is 2.20. The molecule has 0 bridgehead atoms. The molecule has 1 aliphatic carbocycles. The third kappa shape index (κ3) is 4.03. The average Bonchev–Trinajstić information content (AvgIpc) is 3.35. The molecule has 0 saturated heterocycles. The van der Waals surface area contributed by atoms with Gasteiger partial charge in [0.15, 0.2) is 9.84 Å². The van der Waals surface area contributed by atoms with Gasteiger partial charge in [-0.05, 0) is 55.2 Å². The number of benzene rings is 1. The number of aromatic nitrogens is 2. The Hall–Kier alpha value is -1.61. The summed E-state index contributed by atoms with van der Waals surface area (Å²) >= 11 is 9.36. The number of sulfone groups is 1. The van der Waals surface area contributed by atoms with Gasteiger partial charge in [0.05, 0.1) is 22.9 Å². The minimum Gasteiger partial charge on any atom is -0.362 e. The van der Waals surface area contributed by atoms with Gasteiger partial charge in [0.1, 0.15) is 16.5 Å². The van der Waals surface area contributed by atoms with Crippen LogP contribution in [0.1, 0.15) is 22.7 Å². The van der Waals surface area contributed by atoms with Crippen molar-refractivity contribution in [2.24, 2.45) is 0 Å². The lowest BCUT2D eigenvalue weighted by atomic mass is 10.2. The number of halogens is 1. The summed E-state index contributed by atoms with van der Waals surface area (Å²) in [6, 6.07) is 7.46. The first-order valence-corrected chi connectivity index (χ1v) is 13.2. The maximum Gasteiger partial charge on any atom is 0.173 e. The first-order chi connectivity index (χ1) is 14.0. The molecule has 0 amide bonds. The summed E-state index contributed by atoms with van der Waals surface area (Å²) in [5, 5.41) is 6.44. The van der Waals surface area contributed by atoms with E-state index in [-0.39, 0.29) is 11.8 Å². The van der Waals surface area contributed by atoms with Crippen LogP contribution in [0, 0.1) is 0 Å². The quantitative estimate of drug-likeness (QED) is 0.545. The lowest BCUT2D eigenvalue weighted by Crippen LogP contribution is -2.22. The van der Waals surface area contributed by atoms with Gasteiger partial charge < -0.3 is 5.32 Å². The Kier molecular flexibility index (Phi) is 5.06. The SMILES string of the molecule is O=S1(=O)C=CC(Nc2nc(CSc3ccc(Cl)cc3)nc3sc4c(c23)CCC4)C1. The van der Waals surface area contributed by atoms with E-state index in [9.17, 15) is 8.42 Å². The Balaban J connectivity index is 1.47. The zero-order valence-corrected chi connectivity index (χ0v) is 18.6. The van der Waals surface area contributed by atoms with Crippen LogP contribution < -0.4 is 5.32 Å². The molecule has 1 aromatic carbocycles. The van der Waals surface area contributed by atoms with Crippen molar-refractivity contribution < 1.29 is 8.42 Å². The summed E-state index contributed by atoms with van der Waals surface area (Å²) in [6.07, 6.45) is 4.98. The van der Waals surface area contributed by atoms with Crippen molar-refractivity contribution in [2.45, 2.75) is 36.0 Å². The van der Waals surface area contributed by atoms with Crippen LogP contribution in [-0.2, 0) is 28.4 Å². The van der Waals surface area contributed by atoms with Crippen molar-refractivity contribution in [3.63, 3.8) is 0 Å². The molecular weight excluding hydrogens is 446 g/mol. The molecule has 5 nitrogen and oxygen atoms in total. The lowest BCUT2D eigenvalue weighted by molar-refractivity contribution is 0.605. The lowest BCUT2D eigenvalue weighted by Gasteiger charge is -2.14. The summed E-state index contributed by atoms with van der Waals surface area (Å²) in [7, 11) is -3.13. The highest BCUT2D eigenvalue weighted by Crippen LogP contribution is 2.40. The van der Waals surface area contributed by atoms with Gasteiger partial charge in [0, 0.05) is 20.2 Å². The topological polar surface area (TPSA) is 72.0 Å². The molecule has 0 saturated carbocycles. The highest BCUT2D eigenvalue weighted by atomic mass is 35.5. The standard InChI is InChI=1S/C20H18ClN3O2S3/c21-12-4-6-14(7-5-12)27-10-17-23-19(22-13-8-9-29(25,26)11-13)18-15-2-1-3-16(15)28-20(18)24-17/h4-9,13H,1-3,10-11H2,(H,22,23,24). The van der Waals surface area contributed by atoms with Crippen molar-refractivity contribution in [1.29, 1.82) is 0 Å². The molecule has 1 unspecified atom stereocenters. The molecule has 0 spiro atoms.